The molecule has 2 amide bonds. The number of carbonyl (C=O) groups excluding carboxylic acids is 2. The summed E-state index contributed by atoms with van der Waals surface area (Å²) in [5.74, 6) is -0.261. The Morgan fingerprint density at radius 2 is 1.52 bits per heavy atom. The molecule has 6 heteroatoms. The molecule has 0 fully saturated rings. The fourth-order valence-electron chi connectivity index (χ4n) is 3.07. The first-order valence-corrected chi connectivity index (χ1v) is 8.79. The third-order valence-corrected chi connectivity index (χ3v) is 3.66. The van der Waals surface area contributed by atoms with Gasteiger partial charge in [-0.3, -0.25) is 14.5 Å². The van der Waals surface area contributed by atoms with Crippen LogP contribution in [-0.4, -0.2) is 42.4 Å². The lowest BCUT2D eigenvalue weighted by Crippen LogP contribution is -2.49. The van der Waals surface area contributed by atoms with Gasteiger partial charge in [0.25, 0.3) is 0 Å². The van der Waals surface area contributed by atoms with Crippen LogP contribution < -0.4 is 10.6 Å². The van der Waals surface area contributed by atoms with Crippen molar-refractivity contribution in [2.24, 2.45) is 5.41 Å². The van der Waals surface area contributed by atoms with E-state index in [2.05, 4.69) is 31.4 Å². The molecule has 0 aliphatic rings. The van der Waals surface area contributed by atoms with E-state index in [1.807, 2.05) is 13.8 Å². The molecule has 0 aromatic heterocycles. The van der Waals surface area contributed by atoms with Gasteiger partial charge < -0.3 is 10.6 Å². The quantitative estimate of drug-likeness (QED) is 0.774. The normalized spacial score (nSPS) is 12.2. The number of rotatable bonds is 7. The van der Waals surface area contributed by atoms with Gasteiger partial charge in [0.05, 0.1) is 13.1 Å². The van der Waals surface area contributed by atoms with Crippen LogP contribution in [0.15, 0.2) is 24.3 Å². The van der Waals surface area contributed by atoms with Crippen LogP contribution >= 0.6 is 11.6 Å². The number of amides is 2. The zero-order chi connectivity index (χ0) is 19.3. The van der Waals surface area contributed by atoms with Gasteiger partial charge in [0.15, 0.2) is 0 Å². The average molecular weight is 368 g/mol. The summed E-state index contributed by atoms with van der Waals surface area (Å²) < 4.78 is 0. The second-order valence-corrected chi connectivity index (χ2v) is 8.83. The molecular weight excluding hydrogens is 338 g/mol. The smallest absolute Gasteiger partial charge is 0.238 e. The molecule has 5 nitrogen and oxygen atoms in total. The van der Waals surface area contributed by atoms with Gasteiger partial charge in [0, 0.05) is 16.2 Å². The lowest BCUT2D eigenvalue weighted by atomic mass is 9.82. The Balaban J connectivity index is 2.44. The Morgan fingerprint density at radius 1 is 1.00 bits per heavy atom. The molecule has 0 heterocycles. The molecule has 2 N–H and O–H groups in total. The fraction of sp³-hybridized carbons (Fsp3) is 0.579. The molecular formula is C19H30ClN3O2. The summed E-state index contributed by atoms with van der Waals surface area (Å²) in [5, 5.41) is 6.44. The van der Waals surface area contributed by atoms with E-state index in [4.69, 9.17) is 11.6 Å². The Hall–Kier alpha value is -1.59. The van der Waals surface area contributed by atoms with Crippen molar-refractivity contribution in [2.45, 2.75) is 46.6 Å². The minimum atomic E-state index is -0.290. The lowest BCUT2D eigenvalue weighted by Gasteiger charge is -2.33. The molecule has 1 rings (SSSR count). The van der Waals surface area contributed by atoms with Gasteiger partial charge >= 0.3 is 0 Å². The van der Waals surface area contributed by atoms with Crippen molar-refractivity contribution in [1.29, 1.82) is 0 Å². The highest BCUT2D eigenvalue weighted by Gasteiger charge is 2.27. The molecule has 0 aliphatic carbocycles. The minimum absolute atomic E-state index is 0.0870. The second kappa shape index (κ2) is 8.68. The number of nitrogens with zero attached hydrogens (tertiary/aromatic N) is 1. The molecule has 0 radical (unpaired) electrons. The molecule has 0 unspecified atom stereocenters. The summed E-state index contributed by atoms with van der Waals surface area (Å²) in [4.78, 5) is 26.0. The monoisotopic (exact) mass is 367 g/mol. The van der Waals surface area contributed by atoms with E-state index in [-0.39, 0.29) is 35.9 Å². The molecule has 0 saturated heterocycles. The van der Waals surface area contributed by atoms with Crippen LogP contribution in [0.25, 0.3) is 0 Å². The highest BCUT2D eigenvalue weighted by Crippen LogP contribution is 2.26. The third kappa shape index (κ3) is 9.46. The maximum Gasteiger partial charge on any atom is 0.238 e. The van der Waals surface area contributed by atoms with Gasteiger partial charge in [0.1, 0.15) is 0 Å². The number of hydrogen-bond acceptors (Lipinski definition) is 3. The molecule has 0 saturated carbocycles. The predicted molar refractivity (Wildman–Crippen MR) is 104 cm³/mol. The van der Waals surface area contributed by atoms with Gasteiger partial charge in [-0.2, -0.15) is 0 Å². The number of likely N-dealkylation sites (N-methyl/N-ethyl adjacent to an activating group) is 1. The molecule has 1 aromatic carbocycles. The van der Waals surface area contributed by atoms with Crippen LogP contribution in [0.4, 0.5) is 5.69 Å². The highest BCUT2D eigenvalue weighted by atomic mass is 35.5. The number of nitrogens with one attached hydrogen (secondary N) is 2. The van der Waals surface area contributed by atoms with Crippen molar-refractivity contribution in [3.63, 3.8) is 0 Å². The van der Waals surface area contributed by atoms with E-state index in [0.717, 1.165) is 6.42 Å². The third-order valence-electron chi connectivity index (χ3n) is 3.41. The molecule has 0 bridgehead atoms. The number of anilines is 1. The Kier molecular flexibility index (Phi) is 7.44. The molecule has 0 atom stereocenters. The van der Waals surface area contributed by atoms with Crippen LogP contribution in [0.3, 0.4) is 0 Å². The van der Waals surface area contributed by atoms with Crippen molar-refractivity contribution in [1.82, 2.24) is 10.2 Å². The van der Waals surface area contributed by atoms with E-state index >= 15 is 0 Å². The summed E-state index contributed by atoms with van der Waals surface area (Å²) in [6.07, 6.45) is 0.868. The molecule has 0 spiro atoms. The lowest BCUT2D eigenvalue weighted by molar-refractivity contribution is -0.124. The molecule has 25 heavy (non-hydrogen) atoms. The van der Waals surface area contributed by atoms with Gasteiger partial charge in [0.2, 0.25) is 11.8 Å². The highest BCUT2D eigenvalue weighted by molar-refractivity contribution is 6.30. The minimum Gasteiger partial charge on any atom is -0.350 e. The first-order chi connectivity index (χ1) is 11.4. The van der Waals surface area contributed by atoms with Crippen molar-refractivity contribution in [3.8, 4) is 0 Å². The second-order valence-electron chi connectivity index (χ2n) is 8.40. The first kappa shape index (κ1) is 21.5. The topological polar surface area (TPSA) is 61.4 Å². The fourth-order valence-corrected chi connectivity index (χ4v) is 3.19. The zero-order valence-corrected chi connectivity index (χ0v) is 16.8. The summed E-state index contributed by atoms with van der Waals surface area (Å²) in [6, 6.07) is 6.90. The molecule has 1 aromatic rings. The Morgan fingerprint density at radius 3 is 2.04 bits per heavy atom. The predicted octanol–water partition coefficient (Wildman–Crippen LogP) is 3.54. The van der Waals surface area contributed by atoms with Crippen LogP contribution in [0, 0.1) is 5.41 Å². The maximum absolute atomic E-state index is 12.2. The summed E-state index contributed by atoms with van der Waals surface area (Å²) >= 11 is 5.82. The van der Waals surface area contributed by atoms with Gasteiger partial charge in [-0.05, 0) is 57.0 Å². The maximum atomic E-state index is 12.2. The molecule has 140 valence electrons. The van der Waals surface area contributed by atoms with E-state index in [1.165, 1.54) is 0 Å². The van der Waals surface area contributed by atoms with E-state index in [1.54, 1.807) is 36.2 Å². The number of benzene rings is 1. The summed E-state index contributed by atoms with van der Waals surface area (Å²) in [6.45, 7) is 10.8. The number of carbonyl (C=O) groups is 2. The van der Waals surface area contributed by atoms with Crippen molar-refractivity contribution < 1.29 is 9.59 Å². The van der Waals surface area contributed by atoms with Crippen LogP contribution in [0.5, 0.6) is 0 Å². The van der Waals surface area contributed by atoms with Crippen LogP contribution in [0.1, 0.15) is 41.0 Å². The van der Waals surface area contributed by atoms with Gasteiger partial charge in [-0.15, -0.1) is 0 Å². The van der Waals surface area contributed by atoms with E-state index in [0.29, 0.717) is 10.7 Å². The first-order valence-electron chi connectivity index (χ1n) is 8.41. The standard InChI is InChI=1S/C19H30ClN3O2/c1-18(2,3)13-19(4,5)22-17(25)12-23(6)11-16(24)21-15-9-7-14(20)8-10-15/h7-10H,11-13H2,1-6H3,(H,21,24)(H,22,25). The SMILES string of the molecule is CN(CC(=O)Nc1ccc(Cl)cc1)CC(=O)NC(C)(C)CC(C)(C)C. The van der Waals surface area contributed by atoms with Crippen LogP contribution in [-0.2, 0) is 9.59 Å². The average Bonchev–Trinajstić information content (AvgIpc) is 2.36. The summed E-state index contributed by atoms with van der Waals surface area (Å²) in [7, 11) is 1.75. The van der Waals surface area contributed by atoms with Gasteiger partial charge in [-0.1, -0.05) is 32.4 Å². The van der Waals surface area contributed by atoms with Gasteiger partial charge in [-0.25, -0.2) is 0 Å². The van der Waals surface area contributed by atoms with Crippen molar-refractivity contribution >= 4 is 29.1 Å². The van der Waals surface area contributed by atoms with E-state index < -0.39 is 0 Å². The number of hydrogen-bond donors (Lipinski definition) is 2. The van der Waals surface area contributed by atoms with Crippen LogP contribution in [0.2, 0.25) is 5.02 Å². The Labute approximate surface area is 156 Å². The number of halogens is 1. The largest absolute Gasteiger partial charge is 0.350 e. The Bertz CT molecular complexity index is 592. The zero-order valence-electron chi connectivity index (χ0n) is 16.1. The molecule has 0 aliphatic heterocycles. The van der Waals surface area contributed by atoms with Crippen molar-refractivity contribution in [2.75, 3.05) is 25.5 Å². The summed E-state index contributed by atoms with van der Waals surface area (Å²) in [5.41, 5.74) is 0.515. The van der Waals surface area contributed by atoms with E-state index in [9.17, 15) is 9.59 Å². The van der Waals surface area contributed by atoms with Crippen molar-refractivity contribution in [3.05, 3.63) is 29.3 Å².